The Labute approximate surface area is 179 Å². The Bertz CT molecular complexity index is 973. The molecule has 1 saturated heterocycles. The van der Waals surface area contributed by atoms with Crippen LogP contribution in [0.4, 0.5) is 0 Å². The smallest absolute Gasteiger partial charge is 0.203 e. The number of rotatable bonds is 2. The number of fused-ring (bicyclic) bond motifs is 4. The van der Waals surface area contributed by atoms with Crippen molar-refractivity contribution >= 4 is 21.6 Å². The molecule has 5 nitrogen and oxygen atoms in total. The number of para-hydroxylation sites is 1. The van der Waals surface area contributed by atoms with Crippen molar-refractivity contribution in [2.24, 2.45) is 5.10 Å². The fourth-order valence-corrected chi connectivity index (χ4v) is 5.09. The number of hydrogen-bond donors (Lipinski definition) is 0. The van der Waals surface area contributed by atoms with Gasteiger partial charge in [0.15, 0.2) is 11.5 Å². The Morgan fingerprint density at radius 1 is 1.17 bits per heavy atom. The maximum absolute atomic E-state index is 6.74. The van der Waals surface area contributed by atoms with E-state index in [-0.39, 0.29) is 11.6 Å². The topological polar surface area (TPSA) is 43.3 Å². The lowest BCUT2D eigenvalue weighted by molar-refractivity contribution is -0.212. The predicted octanol–water partition coefficient (Wildman–Crippen LogP) is 5.29. The molecular formula is C23H25BrN2O3. The summed E-state index contributed by atoms with van der Waals surface area (Å²) in [6, 6.07) is 14.6. The number of ether oxygens (including phenoxy) is 3. The molecule has 0 amide bonds. The van der Waals surface area contributed by atoms with Gasteiger partial charge in [0.1, 0.15) is 0 Å². The summed E-state index contributed by atoms with van der Waals surface area (Å²) in [6.45, 7) is 4.89. The van der Waals surface area contributed by atoms with Gasteiger partial charge in [0.2, 0.25) is 5.72 Å². The van der Waals surface area contributed by atoms with Gasteiger partial charge in [-0.25, -0.2) is 5.01 Å². The van der Waals surface area contributed by atoms with Crippen molar-refractivity contribution in [1.29, 1.82) is 0 Å². The molecule has 0 aromatic heterocycles. The summed E-state index contributed by atoms with van der Waals surface area (Å²) in [5.74, 6) is 1.63. The molecule has 3 heterocycles. The van der Waals surface area contributed by atoms with Crippen molar-refractivity contribution in [2.45, 2.75) is 50.5 Å². The van der Waals surface area contributed by atoms with Crippen LogP contribution in [0.15, 0.2) is 52.0 Å². The van der Waals surface area contributed by atoms with Gasteiger partial charge in [-0.2, -0.15) is 5.10 Å². The summed E-state index contributed by atoms with van der Waals surface area (Å²) in [6.07, 6.45) is 2.35. The molecule has 0 radical (unpaired) electrons. The lowest BCUT2D eigenvalue weighted by Gasteiger charge is -2.52. The molecule has 0 bridgehead atoms. The first-order chi connectivity index (χ1) is 13.9. The Kier molecular flexibility index (Phi) is 4.40. The second-order valence-electron chi connectivity index (χ2n) is 8.58. The van der Waals surface area contributed by atoms with Gasteiger partial charge in [-0.3, -0.25) is 0 Å². The molecule has 29 heavy (non-hydrogen) atoms. The minimum absolute atomic E-state index is 0.126. The van der Waals surface area contributed by atoms with Crippen LogP contribution in [0.2, 0.25) is 0 Å². The van der Waals surface area contributed by atoms with Crippen LogP contribution >= 0.6 is 15.9 Å². The zero-order valence-corrected chi connectivity index (χ0v) is 18.5. The average molecular weight is 457 g/mol. The molecule has 1 spiro atoms. The summed E-state index contributed by atoms with van der Waals surface area (Å²) in [5, 5.41) is 7.32. The minimum Gasteiger partial charge on any atom is -0.493 e. The Morgan fingerprint density at radius 3 is 2.69 bits per heavy atom. The van der Waals surface area contributed by atoms with Crippen molar-refractivity contribution in [3.8, 4) is 11.5 Å². The van der Waals surface area contributed by atoms with Crippen molar-refractivity contribution < 1.29 is 14.2 Å². The molecule has 3 aliphatic rings. The molecule has 0 N–H and O–H groups in total. The Hall–Kier alpha value is -2.05. The fourth-order valence-electron chi connectivity index (χ4n) is 4.82. The number of benzene rings is 2. The van der Waals surface area contributed by atoms with E-state index in [2.05, 4.69) is 65.1 Å². The summed E-state index contributed by atoms with van der Waals surface area (Å²) in [7, 11) is 1.70. The first-order valence-corrected chi connectivity index (χ1v) is 10.8. The third kappa shape index (κ3) is 3.13. The van der Waals surface area contributed by atoms with E-state index in [4.69, 9.17) is 19.3 Å². The summed E-state index contributed by atoms with van der Waals surface area (Å²) in [4.78, 5) is 0. The standard InChI is InChI=1S/C23H25BrN2O3/c1-22(2)14-23(11-12-28-22)26-19(17-5-4-6-20(27-3)21(17)29-23)13-18(25-26)15-7-9-16(24)10-8-15/h4-10,19H,11-14H2,1-3H3/t19-,23+/m0/s1. The normalized spacial score (nSPS) is 27.1. The number of hydrazone groups is 1. The van der Waals surface area contributed by atoms with Gasteiger partial charge in [-0.15, -0.1) is 0 Å². The molecule has 0 unspecified atom stereocenters. The van der Waals surface area contributed by atoms with E-state index in [0.717, 1.165) is 52.1 Å². The molecule has 5 rings (SSSR count). The highest BCUT2D eigenvalue weighted by Gasteiger charge is 2.55. The van der Waals surface area contributed by atoms with E-state index < -0.39 is 5.72 Å². The van der Waals surface area contributed by atoms with Gasteiger partial charge in [-0.05, 0) is 37.6 Å². The third-order valence-corrected chi connectivity index (χ3v) is 6.60. The van der Waals surface area contributed by atoms with Crippen molar-refractivity contribution in [3.05, 3.63) is 58.1 Å². The lowest BCUT2D eigenvalue weighted by atomic mass is 9.86. The molecule has 6 heteroatoms. The summed E-state index contributed by atoms with van der Waals surface area (Å²) in [5.41, 5.74) is 2.55. The molecule has 2 atom stereocenters. The molecule has 2 aromatic rings. The zero-order valence-electron chi connectivity index (χ0n) is 16.9. The van der Waals surface area contributed by atoms with Gasteiger partial charge < -0.3 is 14.2 Å². The first-order valence-electron chi connectivity index (χ1n) is 10.0. The van der Waals surface area contributed by atoms with Crippen LogP contribution < -0.4 is 9.47 Å². The number of hydrogen-bond acceptors (Lipinski definition) is 5. The molecule has 0 aliphatic carbocycles. The van der Waals surface area contributed by atoms with Crippen LogP contribution in [0.5, 0.6) is 11.5 Å². The van der Waals surface area contributed by atoms with E-state index in [1.807, 2.05) is 12.1 Å². The van der Waals surface area contributed by atoms with Crippen LogP contribution in [-0.2, 0) is 4.74 Å². The molecule has 3 aliphatic heterocycles. The molecule has 2 aromatic carbocycles. The number of methoxy groups -OCH3 is 1. The highest BCUT2D eigenvalue weighted by atomic mass is 79.9. The maximum atomic E-state index is 6.74. The molecule has 152 valence electrons. The van der Waals surface area contributed by atoms with Gasteiger partial charge in [0.05, 0.1) is 31.1 Å². The van der Waals surface area contributed by atoms with Crippen LogP contribution in [0.1, 0.15) is 50.3 Å². The van der Waals surface area contributed by atoms with Crippen LogP contribution in [0.25, 0.3) is 0 Å². The van der Waals surface area contributed by atoms with E-state index >= 15 is 0 Å². The van der Waals surface area contributed by atoms with Crippen molar-refractivity contribution in [2.75, 3.05) is 13.7 Å². The average Bonchev–Trinajstić information content (AvgIpc) is 3.14. The van der Waals surface area contributed by atoms with Gasteiger partial charge in [-0.1, -0.05) is 40.2 Å². The second-order valence-corrected chi connectivity index (χ2v) is 9.50. The molecular weight excluding hydrogens is 432 g/mol. The van der Waals surface area contributed by atoms with Gasteiger partial charge in [0, 0.05) is 29.3 Å². The number of halogens is 1. The Morgan fingerprint density at radius 2 is 1.97 bits per heavy atom. The van der Waals surface area contributed by atoms with E-state index in [1.165, 1.54) is 0 Å². The first kappa shape index (κ1) is 18.9. The summed E-state index contributed by atoms with van der Waals surface area (Å²) >= 11 is 3.52. The van der Waals surface area contributed by atoms with Crippen LogP contribution in [-0.4, -0.2) is 35.8 Å². The number of nitrogens with zero attached hydrogens (tertiary/aromatic N) is 2. The lowest BCUT2D eigenvalue weighted by Crippen LogP contribution is -2.60. The van der Waals surface area contributed by atoms with Crippen molar-refractivity contribution in [3.63, 3.8) is 0 Å². The van der Waals surface area contributed by atoms with Crippen LogP contribution in [0.3, 0.4) is 0 Å². The summed E-state index contributed by atoms with van der Waals surface area (Å²) < 4.78 is 19.5. The highest BCUT2D eigenvalue weighted by molar-refractivity contribution is 9.10. The van der Waals surface area contributed by atoms with Crippen LogP contribution in [0, 0.1) is 0 Å². The second kappa shape index (κ2) is 6.74. The largest absolute Gasteiger partial charge is 0.493 e. The minimum atomic E-state index is -0.537. The zero-order chi connectivity index (χ0) is 20.2. The van der Waals surface area contributed by atoms with E-state index in [1.54, 1.807) is 7.11 Å². The van der Waals surface area contributed by atoms with Gasteiger partial charge >= 0.3 is 0 Å². The van der Waals surface area contributed by atoms with Gasteiger partial charge in [0.25, 0.3) is 0 Å². The van der Waals surface area contributed by atoms with E-state index in [0.29, 0.717) is 6.61 Å². The SMILES string of the molecule is COc1cccc2c1O[C@@]1(CCOC(C)(C)C1)N1N=C(c3ccc(Br)cc3)C[C@@H]21. The Balaban J connectivity index is 1.63. The van der Waals surface area contributed by atoms with E-state index in [9.17, 15) is 0 Å². The van der Waals surface area contributed by atoms with Crippen molar-refractivity contribution in [1.82, 2.24) is 5.01 Å². The quantitative estimate of drug-likeness (QED) is 0.615. The highest BCUT2D eigenvalue weighted by Crippen LogP contribution is 2.54. The third-order valence-electron chi connectivity index (χ3n) is 6.07. The fraction of sp³-hybridized carbons (Fsp3) is 0.435. The maximum Gasteiger partial charge on any atom is 0.203 e. The monoisotopic (exact) mass is 456 g/mol. The molecule has 0 saturated carbocycles. The molecule has 1 fully saturated rings. The predicted molar refractivity (Wildman–Crippen MR) is 115 cm³/mol.